The number of ether oxygens (including phenoxy) is 2. The summed E-state index contributed by atoms with van der Waals surface area (Å²) in [6, 6.07) is 0. The van der Waals surface area contributed by atoms with Crippen LogP contribution >= 0.6 is 0 Å². The molecule has 0 bridgehead atoms. The molecule has 0 aromatic carbocycles. The molecule has 0 spiro atoms. The second kappa shape index (κ2) is 2.64. The van der Waals surface area contributed by atoms with E-state index in [9.17, 15) is 0 Å². The van der Waals surface area contributed by atoms with Crippen LogP contribution in [0.3, 0.4) is 0 Å². The Morgan fingerprint density at radius 3 is 2.56 bits per heavy atom. The SMILES string of the molecule is CC(C)COC1OC1N. The molecule has 1 fully saturated rings. The van der Waals surface area contributed by atoms with E-state index in [2.05, 4.69) is 13.8 Å². The molecule has 54 valence electrons. The van der Waals surface area contributed by atoms with Gasteiger partial charge in [-0.05, 0) is 5.92 Å². The van der Waals surface area contributed by atoms with Gasteiger partial charge in [0.25, 0.3) is 0 Å². The minimum absolute atomic E-state index is 0.118. The van der Waals surface area contributed by atoms with Crippen molar-refractivity contribution in [2.24, 2.45) is 11.7 Å². The van der Waals surface area contributed by atoms with Crippen LogP contribution in [0.2, 0.25) is 0 Å². The van der Waals surface area contributed by atoms with E-state index in [1.54, 1.807) is 0 Å². The van der Waals surface area contributed by atoms with Gasteiger partial charge >= 0.3 is 0 Å². The van der Waals surface area contributed by atoms with Crippen LogP contribution in [-0.4, -0.2) is 19.1 Å². The standard InChI is InChI=1S/C6H13NO2/c1-4(2)3-8-6-5(7)9-6/h4-6H,3,7H2,1-2H3. The van der Waals surface area contributed by atoms with E-state index in [0.717, 1.165) is 6.61 Å². The molecule has 2 atom stereocenters. The molecule has 1 heterocycles. The fourth-order valence-corrected chi connectivity index (χ4v) is 0.531. The maximum Gasteiger partial charge on any atom is 0.199 e. The summed E-state index contributed by atoms with van der Waals surface area (Å²) in [4.78, 5) is 0. The Labute approximate surface area is 55.1 Å². The molecule has 9 heavy (non-hydrogen) atoms. The first-order chi connectivity index (χ1) is 4.20. The molecule has 1 aliphatic heterocycles. The van der Waals surface area contributed by atoms with Crippen molar-refractivity contribution in [1.82, 2.24) is 0 Å². The lowest BCUT2D eigenvalue weighted by Gasteiger charge is -2.01. The molecule has 2 N–H and O–H groups in total. The molecule has 0 aromatic rings. The molecule has 1 aliphatic rings. The highest BCUT2D eigenvalue weighted by Crippen LogP contribution is 2.17. The average molecular weight is 131 g/mol. The highest BCUT2D eigenvalue weighted by atomic mass is 16.8. The van der Waals surface area contributed by atoms with Crippen LogP contribution in [0.4, 0.5) is 0 Å². The number of epoxide rings is 1. The molecule has 0 aliphatic carbocycles. The minimum Gasteiger partial charge on any atom is -0.348 e. The van der Waals surface area contributed by atoms with Gasteiger partial charge in [-0.1, -0.05) is 13.8 Å². The van der Waals surface area contributed by atoms with Crippen molar-refractivity contribution in [3.63, 3.8) is 0 Å². The molecule has 2 unspecified atom stereocenters. The predicted octanol–water partition coefficient (Wildman–Crippen LogP) is 0.300. The van der Waals surface area contributed by atoms with Crippen LogP contribution < -0.4 is 5.73 Å². The van der Waals surface area contributed by atoms with E-state index in [1.807, 2.05) is 0 Å². The average Bonchev–Trinajstić information content (AvgIpc) is 2.42. The summed E-state index contributed by atoms with van der Waals surface area (Å²) >= 11 is 0. The molecule has 0 saturated carbocycles. The van der Waals surface area contributed by atoms with Crippen molar-refractivity contribution in [3.8, 4) is 0 Å². The van der Waals surface area contributed by atoms with Crippen LogP contribution in [0.15, 0.2) is 0 Å². The Bertz CT molecular complexity index is 95.1. The molecule has 0 amide bonds. The van der Waals surface area contributed by atoms with Gasteiger partial charge in [0, 0.05) is 0 Å². The van der Waals surface area contributed by atoms with Crippen molar-refractivity contribution in [2.75, 3.05) is 6.61 Å². The number of nitrogens with two attached hydrogens (primary N) is 1. The third-order valence-corrected chi connectivity index (χ3v) is 1.08. The van der Waals surface area contributed by atoms with Crippen molar-refractivity contribution in [3.05, 3.63) is 0 Å². The number of rotatable bonds is 3. The van der Waals surface area contributed by atoms with Crippen LogP contribution in [0.1, 0.15) is 13.8 Å². The second-order valence-corrected chi connectivity index (χ2v) is 2.70. The fourth-order valence-electron chi connectivity index (χ4n) is 0.531. The topological polar surface area (TPSA) is 47.8 Å². The molecule has 0 radical (unpaired) electrons. The quantitative estimate of drug-likeness (QED) is 0.560. The first-order valence-electron chi connectivity index (χ1n) is 3.23. The molecule has 0 aromatic heterocycles. The Morgan fingerprint density at radius 2 is 2.22 bits per heavy atom. The Kier molecular flexibility index (Phi) is 2.05. The lowest BCUT2D eigenvalue weighted by atomic mass is 10.2. The van der Waals surface area contributed by atoms with Crippen LogP contribution in [-0.2, 0) is 9.47 Å². The third kappa shape index (κ3) is 2.30. The zero-order chi connectivity index (χ0) is 6.85. The van der Waals surface area contributed by atoms with E-state index in [0.29, 0.717) is 5.92 Å². The maximum absolute atomic E-state index is 5.31. The van der Waals surface area contributed by atoms with Gasteiger partial charge in [-0.2, -0.15) is 0 Å². The van der Waals surface area contributed by atoms with Crippen molar-refractivity contribution >= 4 is 0 Å². The summed E-state index contributed by atoms with van der Waals surface area (Å²) in [7, 11) is 0. The van der Waals surface area contributed by atoms with Gasteiger partial charge in [0.15, 0.2) is 12.5 Å². The van der Waals surface area contributed by atoms with Crippen molar-refractivity contribution in [1.29, 1.82) is 0 Å². The monoisotopic (exact) mass is 131 g/mol. The Hall–Kier alpha value is -0.120. The fraction of sp³-hybridized carbons (Fsp3) is 1.00. The molecule has 1 rings (SSSR count). The molecule has 3 heteroatoms. The number of hydrogen-bond acceptors (Lipinski definition) is 3. The van der Waals surface area contributed by atoms with Crippen LogP contribution in [0.5, 0.6) is 0 Å². The summed E-state index contributed by atoms with van der Waals surface area (Å²) in [5.41, 5.74) is 5.31. The Balaban J connectivity index is 1.94. The lowest BCUT2D eigenvalue weighted by Crippen LogP contribution is -2.11. The van der Waals surface area contributed by atoms with Gasteiger partial charge in [0.1, 0.15) is 0 Å². The van der Waals surface area contributed by atoms with Gasteiger partial charge in [-0.25, -0.2) is 0 Å². The first-order valence-corrected chi connectivity index (χ1v) is 3.23. The molecular formula is C6H13NO2. The second-order valence-electron chi connectivity index (χ2n) is 2.70. The van der Waals surface area contributed by atoms with E-state index >= 15 is 0 Å². The highest BCUT2D eigenvalue weighted by Gasteiger charge is 2.36. The van der Waals surface area contributed by atoms with Gasteiger partial charge in [0.05, 0.1) is 6.61 Å². The smallest absolute Gasteiger partial charge is 0.199 e. The third-order valence-electron chi connectivity index (χ3n) is 1.08. The van der Waals surface area contributed by atoms with Crippen molar-refractivity contribution in [2.45, 2.75) is 26.4 Å². The van der Waals surface area contributed by atoms with E-state index in [-0.39, 0.29) is 12.5 Å². The van der Waals surface area contributed by atoms with Gasteiger partial charge < -0.3 is 15.2 Å². The van der Waals surface area contributed by atoms with E-state index in [1.165, 1.54) is 0 Å². The normalized spacial score (nSPS) is 33.3. The summed E-state index contributed by atoms with van der Waals surface area (Å²) in [5.74, 6) is 0.557. The van der Waals surface area contributed by atoms with Gasteiger partial charge in [-0.3, -0.25) is 0 Å². The van der Waals surface area contributed by atoms with Gasteiger partial charge in [0.2, 0.25) is 0 Å². The highest BCUT2D eigenvalue weighted by molar-refractivity contribution is 4.68. The summed E-state index contributed by atoms with van der Waals surface area (Å²) in [5, 5.41) is 0. The minimum atomic E-state index is -0.163. The summed E-state index contributed by atoms with van der Waals surface area (Å²) in [6.45, 7) is 4.92. The molecular weight excluding hydrogens is 118 g/mol. The summed E-state index contributed by atoms with van der Waals surface area (Å²) in [6.07, 6.45) is -0.281. The van der Waals surface area contributed by atoms with E-state index < -0.39 is 0 Å². The lowest BCUT2D eigenvalue weighted by molar-refractivity contribution is 0.0342. The van der Waals surface area contributed by atoms with Crippen molar-refractivity contribution < 1.29 is 9.47 Å². The van der Waals surface area contributed by atoms with E-state index in [4.69, 9.17) is 15.2 Å². The Morgan fingerprint density at radius 1 is 1.67 bits per heavy atom. The predicted molar refractivity (Wildman–Crippen MR) is 33.6 cm³/mol. The molecule has 1 saturated heterocycles. The number of hydrogen-bond donors (Lipinski definition) is 1. The van der Waals surface area contributed by atoms with Crippen LogP contribution in [0, 0.1) is 5.92 Å². The zero-order valence-corrected chi connectivity index (χ0v) is 5.83. The van der Waals surface area contributed by atoms with Crippen LogP contribution in [0.25, 0.3) is 0 Å². The largest absolute Gasteiger partial charge is 0.348 e. The van der Waals surface area contributed by atoms with Gasteiger partial charge in [-0.15, -0.1) is 0 Å². The maximum atomic E-state index is 5.31. The zero-order valence-electron chi connectivity index (χ0n) is 5.83. The molecule has 3 nitrogen and oxygen atoms in total. The summed E-state index contributed by atoms with van der Waals surface area (Å²) < 4.78 is 10.0. The first kappa shape index (κ1) is 6.99.